The van der Waals surface area contributed by atoms with Crippen LogP contribution in [0, 0.1) is 5.92 Å². The largest absolute Gasteiger partial charge is 0.449 e. The van der Waals surface area contributed by atoms with Gasteiger partial charge in [-0.2, -0.15) is 0 Å². The summed E-state index contributed by atoms with van der Waals surface area (Å²) in [4.78, 5) is 12.3. The van der Waals surface area contributed by atoms with E-state index in [0.717, 1.165) is 32.2 Å². The molecule has 2 aliphatic rings. The summed E-state index contributed by atoms with van der Waals surface area (Å²) in [5, 5.41) is 3.03. The van der Waals surface area contributed by atoms with Gasteiger partial charge in [0, 0.05) is 12.0 Å². The molecule has 2 aromatic carbocycles. The molecule has 4 nitrogen and oxygen atoms in total. The molecule has 0 spiro atoms. The third kappa shape index (κ3) is 3.34. The number of rotatable bonds is 4. The normalized spacial score (nSPS) is 21.7. The Kier molecular flexibility index (Phi) is 4.93. The van der Waals surface area contributed by atoms with Gasteiger partial charge in [-0.25, -0.2) is 4.79 Å². The summed E-state index contributed by atoms with van der Waals surface area (Å²) < 4.78 is 5.62. The van der Waals surface area contributed by atoms with Crippen molar-refractivity contribution in [3.63, 3.8) is 0 Å². The summed E-state index contributed by atoms with van der Waals surface area (Å²) in [7, 11) is 0. The summed E-state index contributed by atoms with van der Waals surface area (Å²) in [6, 6.07) is 17.0. The number of nitrogens with two attached hydrogens (primary N) is 1. The number of carbonyl (C=O) groups is 1. The van der Waals surface area contributed by atoms with Crippen LogP contribution in [0.3, 0.4) is 0 Å². The zero-order valence-electron chi connectivity index (χ0n) is 15.0. The van der Waals surface area contributed by atoms with Crippen LogP contribution in [0.1, 0.15) is 42.7 Å². The second-order valence-corrected chi connectivity index (χ2v) is 7.42. The van der Waals surface area contributed by atoms with Crippen molar-refractivity contribution in [2.75, 3.05) is 13.2 Å². The van der Waals surface area contributed by atoms with Gasteiger partial charge in [-0.05, 0) is 60.4 Å². The molecule has 0 unspecified atom stereocenters. The van der Waals surface area contributed by atoms with E-state index < -0.39 is 0 Å². The number of carbonyl (C=O) groups excluding carboxylic acids is 1. The van der Waals surface area contributed by atoms with Gasteiger partial charge >= 0.3 is 6.09 Å². The third-order valence-corrected chi connectivity index (χ3v) is 5.85. The molecule has 26 heavy (non-hydrogen) atoms. The highest BCUT2D eigenvalue weighted by Gasteiger charge is 2.29. The average Bonchev–Trinajstić information content (AvgIpc) is 3.01. The highest BCUT2D eigenvalue weighted by atomic mass is 16.5. The van der Waals surface area contributed by atoms with Crippen molar-refractivity contribution >= 4 is 6.09 Å². The van der Waals surface area contributed by atoms with Crippen molar-refractivity contribution < 1.29 is 9.53 Å². The minimum Gasteiger partial charge on any atom is -0.449 e. The van der Waals surface area contributed by atoms with Crippen molar-refractivity contribution in [2.45, 2.75) is 37.6 Å². The lowest BCUT2D eigenvalue weighted by Crippen LogP contribution is -2.39. The molecule has 3 N–H and O–H groups in total. The molecule has 0 atom stereocenters. The molecular weight excluding hydrogens is 324 g/mol. The van der Waals surface area contributed by atoms with Crippen LogP contribution in [0.25, 0.3) is 11.1 Å². The topological polar surface area (TPSA) is 64.3 Å². The molecule has 2 aliphatic carbocycles. The monoisotopic (exact) mass is 350 g/mol. The van der Waals surface area contributed by atoms with Crippen LogP contribution in [0.5, 0.6) is 0 Å². The van der Waals surface area contributed by atoms with Crippen molar-refractivity contribution in [2.24, 2.45) is 11.7 Å². The Morgan fingerprint density at radius 2 is 1.54 bits per heavy atom. The van der Waals surface area contributed by atoms with E-state index in [9.17, 15) is 4.79 Å². The van der Waals surface area contributed by atoms with Crippen molar-refractivity contribution in [3.8, 4) is 11.1 Å². The van der Waals surface area contributed by atoms with Gasteiger partial charge in [0.25, 0.3) is 0 Å². The Hall–Kier alpha value is -2.33. The van der Waals surface area contributed by atoms with Gasteiger partial charge in [0.15, 0.2) is 0 Å². The summed E-state index contributed by atoms with van der Waals surface area (Å²) in [5.41, 5.74) is 10.7. The predicted octanol–water partition coefficient (Wildman–Crippen LogP) is 4.04. The summed E-state index contributed by atoms with van der Waals surface area (Å²) in [5.74, 6) is 0.719. The molecule has 2 aromatic rings. The highest BCUT2D eigenvalue weighted by Crippen LogP contribution is 2.44. The summed E-state index contributed by atoms with van der Waals surface area (Å²) >= 11 is 0. The van der Waals surface area contributed by atoms with Gasteiger partial charge in [-0.1, -0.05) is 48.5 Å². The van der Waals surface area contributed by atoms with E-state index in [-0.39, 0.29) is 18.1 Å². The minimum atomic E-state index is -0.303. The number of amides is 1. The van der Waals surface area contributed by atoms with E-state index in [4.69, 9.17) is 10.5 Å². The van der Waals surface area contributed by atoms with Gasteiger partial charge < -0.3 is 15.8 Å². The first-order valence-electron chi connectivity index (χ1n) is 9.58. The third-order valence-electron chi connectivity index (χ3n) is 5.85. The molecule has 1 amide bonds. The first-order valence-corrected chi connectivity index (χ1v) is 9.58. The standard InChI is InChI=1S/C22H26N2O2/c23-13-15-9-11-16(12-10-15)24-22(25)26-14-21-19-7-3-1-5-17(19)18-6-2-4-8-20(18)21/h1-8,15-16,21H,9-14,23H2,(H,24,25). The Morgan fingerprint density at radius 1 is 0.962 bits per heavy atom. The maximum atomic E-state index is 12.3. The van der Waals surface area contributed by atoms with E-state index in [0.29, 0.717) is 12.5 Å². The maximum Gasteiger partial charge on any atom is 0.407 e. The number of fused-ring (bicyclic) bond motifs is 3. The molecule has 0 bridgehead atoms. The number of hydrogen-bond donors (Lipinski definition) is 2. The molecule has 0 aliphatic heterocycles. The van der Waals surface area contributed by atoms with E-state index in [1.54, 1.807) is 0 Å². The SMILES string of the molecule is NCC1CCC(NC(=O)OCC2c3ccccc3-c3ccccc32)CC1. The Morgan fingerprint density at radius 3 is 2.12 bits per heavy atom. The van der Waals surface area contributed by atoms with Gasteiger partial charge in [0.05, 0.1) is 0 Å². The fourth-order valence-corrected chi connectivity index (χ4v) is 4.35. The fourth-order valence-electron chi connectivity index (χ4n) is 4.35. The summed E-state index contributed by atoms with van der Waals surface area (Å²) in [6.45, 7) is 1.12. The van der Waals surface area contributed by atoms with Crippen molar-refractivity contribution in [1.82, 2.24) is 5.32 Å². The molecule has 1 saturated carbocycles. The molecule has 4 rings (SSSR count). The minimum absolute atomic E-state index is 0.112. The number of ether oxygens (including phenoxy) is 1. The Bertz CT molecular complexity index is 736. The summed E-state index contributed by atoms with van der Waals surface area (Å²) in [6.07, 6.45) is 3.86. The molecule has 4 heteroatoms. The lowest BCUT2D eigenvalue weighted by atomic mass is 9.86. The first-order chi connectivity index (χ1) is 12.8. The van der Waals surface area contributed by atoms with Crippen molar-refractivity contribution in [3.05, 3.63) is 59.7 Å². The molecule has 136 valence electrons. The molecule has 1 fully saturated rings. The van der Waals surface area contributed by atoms with Gasteiger partial charge in [-0.3, -0.25) is 0 Å². The van der Waals surface area contributed by atoms with E-state index >= 15 is 0 Å². The van der Waals surface area contributed by atoms with Crippen LogP contribution in [0.2, 0.25) is 0 Å². The molecule has 0 saturated heterocycles. The lowest BCUT2D eigenvalue weighted by molar-refractivity contribution is 0.134. The second kappa shape index (κ2) is 7.50. The Labute approximate surface area is 154 Å². The van der Waals surface area contributed by atoms with Crippen LogP contribution in [-0.4, -0.2) is 25.3 Å². The van der Waals surface area contributed by atoms with Crippen LogP contribution in [0.15, 0.2) is 48.5 Å². The second-order valence-electron chi connectivity index (χ2n) is 7.42. The number of alkyl carbamates (subject to hydrolysis) is 1. The van der Waals surface area contributed by atoms with Crippen LogP contribution in [-0.2, 0) is 4.74 Å². The van der Waals surface area contributed by atoms with Crippen LogP contribution >= 0.6 is 0 Å². The molecule has 0 radical (unpaired) electrons. The quantitative estimate of drug-likeness (QED) is 0.874. The first kappa shape index (κ1) is 17.1. The predicted molar refractivity (Wildman–Crippen MR) is 103 cm³/mol. The van der Waals surface area contributed by atoms with Gasteiger partial charge in [0.1, 0.15) is 6.61 Å². The van der Waals surface area contributed by atoms with E-state index in [2.05, 4.69) is 41.7 Å². The Balaban J connectivity index is 1.38. The molecular formula is C22H26N2O2. The van der Waals surface area contributed by atoms with Crippen LogP contribution < -0.4 is 11.1 Å². The lowest BCUT2D eigenvalue weighted by Gasteiger charge is -2.28. The van der Waals surface area contributed by atoms with E-state index in [1.165, 1.54) is 22.3 Å². The van der Waals surface area contributed by atoms with E-state index in [1.807, 2.05) is 12.1 Å². The number of benzene rings is 2. The number of hydrogen-bond acceptors (Lipinski definition) is 3. The van der Waals surface area contributed by atoms with Gasteiger partial charge in [0.2, 0.25) is 0 Å². The number of nitrogens with one attached hydrogen (secondary N) is 1. The smallest absolute Gasteiger partial charge is 0.407 e. The fraction of sp³-hybridized carbons (Fsp3) is 0.409. The van der Waals surface area contributed by atoms with Crippen LogP contribution in [0.4, 0.5) is 4.79 Å². The van der Waals surface area contributed by atoms with Gasteiger partial charge in [-0.15, -0.1) is 0 Å². The molecule has 0 aromatic heterocycles. The van der Waals surface area contributed by atoms with Crippen molar-refractivity contribution in [1.29, 1.82) is 0 Å². The maximum absolute atomic E-state index is 12.3. The average molecular weight is 350 g/mol. The zero-order valence-corrected chi connectivity index (χ0v) is 15.0. The highest BCUT2D eigenvalue weighted by molar-refractivity contribution is 5.79. The zero-order chi connectivity index (χ0) is 17.9. The molecule has 0 heterocycles.